The molecule has 2 aromatic rings. The molecule has 0 unspecified atom stereocenters. The average molecular weight is 188 g/mol. The molecule has 0 aliphatic heterocycles. The minimum absolute atomic E-state index is 0.281. The molecule has 1 aromatic heterocycles. The van der Waals surface area contributed by atoms with E-state index in [0.29, 0.717) is 0 Å². The van der Waals surface area contributed by atoms with Gasteiger partial charge in [0.2, 0.25) is 0 Å². The molecule has 0 spiro atoms. The summed E-state index contributed by atoms with van der Waals surface area (Å²) in [7, 11) is 1.86. The van der Waals surface area contributed by atoms with Gasteiger partial charge >= 0.3 is 0 Å². The minimum Gasteiger partial charge on any atom is -0.507 e. The van der Waals surface area contributed by atoms with Gasteiger partial charge in [0.15, 0.2) is 0 Å². The molecule has 0 aliphatic rings. The molecule has 0 atom stereocenters. The van der Waals surface area contributed by atoms with E-state index < -0.39 is 0 Å². The first-order valence-corrected chi connectivity index (χ1v) is 4.46. The Balaban J connectivity index is 2.52. The number of nitrogens with zero attached hydrogens (tertiary/aromatic N) is 2. The van der Waals surface area contributed by atoms with Crippen LogP contribution in [0.2, 0.25) is 0 Å². The fourth-order valence-corrected chi connectivity index (χ4v) is 1.42. The van der Waals surface area contributed by atoms with Crippen molar-refractivity contribution in [2.75, 3.05) is 0 Å². The molecule has 14 heavy (non-hydrogen) atoms. The van der Waals surface area contributed by atoms with Crippen molar-refractivity contribution in [1.29, 1.82) is 0 Å². The molecule has 0 aliphatic carbocycles. The number of aromatic nitrogens is 2. The van der Waals surface area contributed by atoms with Gasteiger partial charge in [0.05, 0.1) is 5.69 Å². The maximum absolute atomic E-state index is 9.70. The summed E-state index contributed by atoms with van der Waals surface area (Å²) in [5.41, 5.74) is 2.61. The van der Waals surface area contributed by atoms with Gasteiger partial charge in [0, 0.05) is 18.8 Å². The Hall–Kier alpha value is -1.77. The summed E-state index contributed by atoms with van der Waals surface area (Å²) in [4.78, 5) is 0. The second-order valence-electron chi connectivity index (χ2n) is 3.40. The van der Waals surface area contributed by atoms with Crippen LogP contribution in [0, 0.1) is 6.92 Å². The fraction of sp³-hybridized carbons (Fsp3) is 0.182. The highest BCUT2D eigenvalue weighted by Gasteiger charge is 2.06. The van der Waals surface area contributed by atoms with Crippen LogP contribution in [-0.4, -0.2) is 14.9 Å². The van der Waals surface area contributed by atoms with Crippen LogP contribution in [0.4, 0.5) is 0 Å². The molecule has 3 heteroatoms. The van der Waals surface area contributed by atoms with E-state index in [4.69, 9.17) is 0 Å². The normalized spacial score (nSPS) is 10.4. The molecule has 3 nitrogen and oxygen atoms in total. The topological polar surface area (TPSA) is 38.0 Å². The molecule has 0 amide bonds. The minimum atomic E-state index is 0.281. The van der Waals surface area contributed by atoms with Crippen molar-refractivity contribution in [2.24, 2.45) is 7.05 Å². The first-order valence-electron chi connectivity index (χ1n) is 4.46. The molecule has 72 valence electrons. The van der Waals surface area contributed by atoms with Gasteiger partial charge < -0.3 is 5.11 Å². The van der Waals surface area contributed by atoms with Crippen LogP contribution in [0.5, 0.6) is 5.75 Å². The van der Waals surface area contributed by atoms with Gasteiger partial charge in [-0.15, -0.1) is 0 Å². The second kappa shape index (κ2) is 3.18. The highest BCUT2D eigenvalue weighted by Crippen LogP contribution is 2.27. The smallest absolute Gasteiger partial charge is 0.125 e. The van der Waals surface area contributed by atoms with E-state index in [9.17, 15) is 5.11 Å². The van der Waals surface area contributed by atoms with E-state index in [1.807, 2.05) is 38.4 Å². The number of rotatable bonds is 1. The molecule has 2 rings (SSSR count). The van der Waals surface area contributed by atoms with Gasteiger partial charge in [-0.05, 0) is 30.7 Å². The van der Waals surface area contributed by atoms with Gasteiger partial charge in [-0.1, -0.05) is 6.07 Å². The molecule has 0 radical (unpaired) electrons. The van der Waals surface area contributed by atoms with E-state index in [-0.39, 0.29) is 5.75 Å². The molecule has 0 saturated heterocycles. The van der Waals surface area contributed by atoms with Gasteiger partial charge in [0.25, 0.3) is 0 Å². The number of phenols is 1. The molecule has 0 saturated carbocycles. The molecule has 0 bridgehead atoms. The molecule has 1 heterocycles. The van der Waals surface area contributed by atoms with Crippen LogP contribution in [0.15, 0.2) is 30.5 Å². The van der Waals surface area contributed by atoms with Crippen molar-refractivity contribution in [3.05, 3.63) is 36.0 Å². The third-order valence-electron chi connectivity index (χ3n) is 2.14. The number of aromatic hydroxyl groups is 1. The highest BCUT2D eigenvalue weighted by atomic mass is 16.3. The SMILES string of the molecule is Cc1ccc(-c2ccn(C)n2)c(O)c1. The van der Waals surface area contributed by atoms with Crippen molar-refractivity contribution in [3.63, 3.8) is 0 Å². The molecular weight excluding hydrogens is 176 g/mol. The highest BCUT2D eigenvalue weighted by molar-refractivity contribution is 5.66. The molecule has 1 N–H and O–H groups in total. The Bertz CT molecular complexity index is 460. The van der Waals surface area contributed by atoms with Gasteiger partial charge in [-0.25, -0.2) is 0 Å². The summed E-state index contributed by atoms with van der Waals surface area (Å²) in [6.07, 6.45) is 1.86. The molecule has 1 aromatic carbocycles. The lowest BCUT2D eigenvalue weighted by Gasteiger charge is -2.01. The predicted octanol–water partition coefficient (Wildman–Crippen LogP) is 2.10. The third kappa shape index (κ3) is 1.48. The van der Waals surface area contributed by atoms with E-state index in [0.717, 1.165) is 16.8 Å². The Morgan fingerprint density at radius 2 is 2.07 bits per heavy atom. The maximum Gasteiger partial charge on any atom is 0.125 e. The van der Waals surface area contributed by atoms with Crippen molar-refractivity contribution >= 4 is 0 Å². The third-order valence-corrected chi connectivity index (χ3v) is 2.14. The number of phenolic OH excluding ortho intramolecular Hbond substituents is 1. The fourth-order valence-electron chi connectivity index (χ4n) is 1.42. The average Bonchev–Trinajstić information content (AvgIpc) is 2.51. The van der Waals surface area contributed by atoms with Crippen molar-refractivity contribution in [3.8, 4) is 17.0 Å². The van der Waals surface area contributed by atoms with Gasteiger partial charge in [-0.3, -0.25) is 4.68 Å². The van der Waals surface area contributed by atoms with Crippen molar-refractivity contribution in [2.45, 2.75) is 6.92 Å². The van der Waals surface area contributed by atoms with E-state index in [2.05, 4.69) is 5.10 Å². The summed E-state index contributed by atoms with van der Waals surface area (Å²) in [6.45, 7) is 1.95. The van der Waals surface area contributed by atoms with E-state index in [1.165, 1.54) is 0 Å². The first-order chi connectivity index (χ1) is 6.66. The number of benzene rings is 1. The lowest BCUT2D eigenvalue weighted by Crippen LogP contribution is -1.88. The van der Waals surface area contributed by atoms with Crippen LogP contribution in [0.25, 0.3) is 11.3 Å². The Labute approximate surface area is 82.6 Å². The van der Waals surface area contributed by atoms with Crippen molar-refractivity contribution < 1.29 is 5.11 Å². The van der Waals surface area contributed by atoms with E-state index >= 15 is 0 Å². The predicted molar refractivity (Wildman–Crippen MR) is 55.0 cm³/mol. The summed E-state index contributed by atoms with van der Waals surface area (Å²) < 4.78 is 1.72. The first kappa shape index (κ1) is 8.81. The number of hydrogen-bond donors (Lipinski definition) is 1. The van der Waals surface area contributed by atoms with Crippen LogP contribution in [0.3, 0.4) is 0 Å². The van der Waals surface area contributed by atoms with Gasteiger partial charge in [0.1, 0.15) is 5.75 Å². The monoisotopic (exact) mass is 188 g/mol. The summed E-state index contributed by atoms with van der Waals surface area (Å²) >= 11 is 0. The lowest BCUT2D eigenvalue weighted by molar-refractivity contribution is 0.476. The quantitative estimate of drug-likeness (QED) is 0.744. The largest absolute Gasteiger partial charge is 0.507 e. The zero-order valence-electron chi connectivity index (χ0n) is 8.23. The zero-order chi connectivity index (χ0) is 10.1. The van der Waals surface area contributed by atoms with Crippen LogP contribution >= 0.6 is 0 Å². The van der Waals surface area contributed by atoms with Gasteiger partial charge in [-0.2, -0.15) is 5.10 Å². The zero-order valence-corrected chi connectivity index (χ0v) is 8.23. The van der Waals surface area contributed by atoms with Crippen molar-refractivity contribution in [1.82, 2.24) is 9.78 Å². The Kier molecular flexibility index (Phi) is 2.00. The number of hydrogen-bond acceptors (Lipinski definition) is 2. The number of aryl methyl sites for hydroxylation is 2. The second-order valence-corrected chi connectivity index (χ2v) is 3.40. The molecular formula is C11H12N2O. The van der Waals surface area contributed by atoms with Crippen LogP contribution < -0.4 is 0 Å². The molecule has 0 fully saturated rings. The standard InChI is InChI=1S/C11H12N2O/c1-8-3-4-9(11(14)7-8)10-5-6-13(2)12-10/h3-7,14H,1-2H3. The summed E-state index contributed by atoms with van der Waals surface area (Å²) in [5, 5.41) is 13.9. The maximum atomic E-state index is 9.70. The summed E-state index contributed by atoms with van der Waals surface area (Å²) in [5.74, 6) is 0.281. The van der Waals surface area contributed by atoms with Crippen LogP contribution in [-0.2, 0) is 7.05 Å². The Morgan fingerprint density at radius 3 is 2.64 bits per heavy atom. The summed E-state index contributed by atoms with van der Waals surface area (Å²) in [6, 6.07) is 7.46. The Morgan fingerprint density at radius 1 is 1.29 bits per heavy atom. The van der Waals surface area contributed by atoms with E-state index in [1.54, 1.807) is 10.7 Å². The van der Waals surface area contributed by atoms with Crippen LogP contribution in [0.1, 0.15) is 5.56 Å². The lowest BCUT2D eigenvalue weighted by atomic mass is 10.1.